The van der Waals surface area contributed by atoms with Gasteiger partial charge in [0.1, 0.15) is 0 Å². The number of aromatic carboxylic acids is 1. The molecule has 17 heavy (non-hydrogen) atoms. The number of carbonyl (C=O) groups is 1. The minimum Gasteiger partial charge on any atom is -0.476 e. The topological polar surface area (TPSA) is 89.1 Å². The molecule has 2 aromatic rings. The Morgan fingerprint density at radius 1 is 1.35 bits per heavy atom. The van der Waals surface area contributed by atoms with Crippen LogP contribution in [0.4, 0.5) is 5.82 Å². The van der Waals surface area contributed by atoms with Gasteiger partial charge in [-0.05, 0) is 6.07 Å². The van der Waals surface area contributed by atoms with Crippen molar-refractivity contribution in [1.29, 1.82) is 0 Å². The van der Waals surface area contributed by atoms with Crippen LogP contribution >= 0.6 is 11.6 Å². The number of hydrogen-bond donors (Lipinski definition) is 2. The lowest BCUT2D eigenvalue weighted by Crippen LogP contribution is -2.08. The molecular formula is C11H8ClN3O2. The summed E-state index contributed by atoms with van der Waals surface area (Å²) in [5, 5.41) is 9.37. The van der Waals surface area contributed by atoms with Crippen molar-refractivity contribution >= 4 is 23.4 Å². The number of halogens is 1. The first-order chi connectivity index (χ1) is 8.09. The van der Waals surface area contributed by atoms with Crippen molar-refractivity contribution in [3.63, 3.8) is 0 Å². The van der Waals surface area contributed by atoms with Crippen LogP contribution in [-0.2, 0) is 0 Å². The van der Waals surface area contributed by atoms with Gasteiger partial charge in [0, 0.05) is 5.56 Å². The Morgan fingerprint density at radius 3 is 2.71 bits per heavy atom. The summed E-state index contributed by atoms with van der Waals surface area (Å²) in [4.78, 5) is 18.6. The molecule has 5 nitrogen and oxygen atoms in total. The zero-order valence-corrected chi connectivity index (χ0v) is 9.35. The van der Waals surface area contributed by atoms with Crippen LogP contribution in [0.1, 0.15) is 10.5 Å². The zero-order valence-electron chi connectivity index (χ0n) is 8.59. The molecular weight excluding hydrogens is 242 g/mol. The van der Waals surface area contributed by atoms with Gasteiger partial charge in [-0.3, -0.25) is 0 Å². The van der Waals surface area contributed by atoms with E-state index in [9.17, 15) is 4.79 Å². The van der Waals surface area contributed by atoms with Crippen molar-refractivity contribution in [2.24, 2.45) is 0 Å². The molecule has 0 aliphatic heterocycles. The van der Waals surface area contributed by atoms with E-state index in [2.05, 4.69) is 9.97 Å². The molecule has 0 fully saturated rings. The number of nitrogens with two attached hydrogens (primary N) is 1. The Morgan fingerprint density at radius 2 is 2.06 bits per heavy atom. The van der Waals surface area contributed by atoms with Crippen LogP contribution in [0.5, 0.6) is 0 Å². The highest BCUT2D eigenvalue weighted by Gasteiger charge is 2.14. The third-order valence-electron chi connectivity index (χ3n) is 2.15. The molecule has 0 bridgehead atoms. The van der Waals surface area contributed by atoms with E-state index in [0.717, 1.165) is 0 Å². The van der Waals surface area contributed by atoms with Gasteiger partial charge in [0.25, 0.3) is 0 Å². The first-order valence-corrected chi connectivity index (χ1v) is 5.08. The molecule has 0 saturated heterocycles. The largest absolute Gasteiger partial charge is 0.476 e. The number of nitrogens with zero attached hydrogens (tertiary/aromatic N) is 2. The minimum absolute atomic E-state index is 0.117. The smallest absolute Gasteiger partial charge is 0.358 e. The Bertz CT molecular complexity index is 587. The van der Waals surface area contributed by atoms with Crippen LogP contribution in [-0.4, -0.2) is 21.0 Å². The van der Waals surface area contributed by atoms with Crippen molar-refractivity contribution in [1.82, 2.24) is 9.97 Å². The quantitative estimate of drug-likeness (QED) is 0.851. The lowest BCUT2D eigenvalue weighted by Gasteiger charge is -2.05. The average Bonchev–Trinajstić information content (AvgIpc) is 2.30. The Kier molecular flexibility index (Phi) is 2.93. The molecule has 1 heterocycles. The lowest BCUT2D eigenvalue weighted by molar-refractivity contribution is 0.0691. The summed E-state index contributed by atoms with van der Waals surface area (Å²) in [6, 6.07) is 6.97. The highest BCUT2D eigenvalue weighted by atomic mass is 35.5. The van der Waals surface area contributed by atoms with Gasteiger partial charge in [0.15, 0.2) is 11.5 Å². The fraction of sp³-hybridized carbons (Fsp3) is 0. The standard InChI is InChI=1S/C11H8ClN3O2/c12-7-4-2-1-3-6(7)8-5-14-10(13)9(15-8)11(16)17/h1-5H,(H2,13,14)(H,16,17). The molecule has 0 saturated carbocycles. The van der Waals surface area contributed by atoms with Crippen LogP contribution in [0.15, 0.2) is 30.5 Å². The van der Waals surface area contributed by atoms with Crippen LogP contribution < -0.4 is 5.73 Å². The fourth-order valence-electron chi connectivity index (χ4n) is 1.35. The van der Waals surface area contributed by atoms with Gasteiger partial charge >= 0.3 is 5.97 Å². The minimum atomic E-state index is -1.22. The molecule has 0 aliphatic rings. The number of anilines is 1. The summed E-state index contributed by atoms with van der Waals surface area (Å²) < 4.78 is 0. The molecule has 1 aromatic carbocycles. The van der Waals surface area contributed by atoms with E-state index in [-0.39, 0.29) is 11.5 Å². The van der Waals surface area contributed by atoms with Crippen LogP contribution in [0, 0.1) is 0 Å². The zero-order chi connectivity index (χ0) is 12.4. The van der Waals surface area contributed by atoms with Crippen LogP contribution in [0.2, 0.25) is 5.02 Å². The van der Waals surface area contributed by atoms with Crippen molar-refractivity contribution in [2.45, 2.75) is 0 Å². The van der Waals surface area contributed by atoms with Crippen molar-refractivity contribution in [3.8, 4) is 11.3 Å². The van der Waals surface area contributed by atoms with Gasteiger partial charge in [-0.2, -0.15) is 0 Å². The molecule has 0 spiro atoms. The number of rotatable bonds is 2. The maximum Gasteiger partial charge on any atom is 0.358 e. The van der Waals surface area contributed by atoms with Crippen molar-refractivity contribution < 1.29 is 9.90 Å². The van der Waals surface area contributed by atoms with E-state index in [1.165, 1.54) is 6.20 Å². The summed E-state index contributed by atoms with van der Waals surface area (Å²) in [7, 11) is 0. The molecule has 1 aromatic heterocycles. The van der Waals surface area contributed by atoms with E-state index in [1.807, 2.05) is 0 Å². The van der Waals surface area contributed by atoms with E-state index >= 15 is 0 Å². The molecule has 6 heteroatoms. The van der Waals surface area contributed by atoms with Crippen LogP contribution in [0.25, 0.3) is 11.3 Å². The highest BCUT2D eigenvalue weighted by Crippen LogP contribution is 2.26. The van der Waals surface area contributed by atoms with Gasteiger partial charge < -0.3 is 10.8 Å². The third kappa shape index (κ3) is 2.19. The Hall–Kier alpha value is -2.14. The summed E-state index contributed by atoms with van der Waals surface area (Å²) in [6.45, 7) is 0. The number of carboxylic acid groups (broad SMARTS) is 1. The first kappa shape index (κ1) is 11.3. The fourth-order valence-corrected chi connectivity index (χ4v) is 1.59. The van der Waals surface area contributed by atoms with E-state index < -0.39 is 5.97 Å². The van der Waals surface area contributed by atoms with Crippen molar-refractivity contribution in [3.05, 3.63) is 41.2 Å². The number of carboxylic acids is 1. The SMILES string of the molecule is Nc1ncc(-c2ccccc2Cl)nc1C(=O)O. The highest BCUT2D eigenvalue weighted by molar-refractivity contribution is 6.33. The maximum atomic E-state index is 10.9. The van der Waals surface area contributed by atoms with Gasteiger partial charge in [-0.25, -0.2) is 14.8 Å². The molecule has 2 rings (SSSR count). The molecule has 0 radical (unpaired) electrons. The van der Waals surface area contributed by atoms with Gasteiger partial charge in [-0.1, -0.05) is 29.8 Å². The van der Waals surface area contributed by atoms with E-state index in [4.69, 9.17) is 22.4 Å². The number of benzene rings is 1. The third-order valence-corrected chi connectivity index (χ3v) is 2.48. The van der Waals surface area contributed by atoms with Gasteiger partial charge in [0.05, 0.1) is 16.9 Å². The molecule has 0 aliphatic carbocycles. The maximum absolute atomic E-state index is 10.9. The summed E-state index contributed by atoms with van der Waals surface area (Å²) in [5.74, 6) is -1.34. The second-order valence-corrected chi connectivity index (χ2v) is 3.68. The molecule has 0 amide bonds. The van der Waals surface area contributed by atoms with E-state index in [0.29, 0.717) is 16.3 Å². The van der Waals surface area contributed by atoms with E-state index in [1.54, 1.807) is 24.3 Å². The average molecular weight is 250 g/mol. The predicted octanol–water partition coefficient (Wildman–Crippen LogP) is 2.08. The summed E-state index contributed by atoms with van der Waals surface area (Å²) in [5.41, 5.74) is 6.14. The lowest BCUT2D eigenvalue weighted by atomic mass is 10.1. The second-order valence-electron chi connectivity index (χ2n) is 3.27. The number of hydrogen-bond acceptors (Lipinski definition) is 4. The van der Waals surface area contributed by atoms with Gasteiger partial charge in [0.2, 0.25) is 0 Å². The Labute approximate surface area is 102 Å². The predicted molar refractivity (Wildman–Crippen MR) is 63.8 cm³/mol. The monoisotopic (exact) mass is 249 g/mol. The summed E-state index contributed by atoms with van der Waals surface area (Å²) in [6.07, 6.45) is 1.39. The van der Waals surface area contributed by atoms with Crippen LogP contribution in [0.3, 0.4) is 0 Å². The van der Waals surface area contributed by atoms with Gasteiger partial charge in [-0.15, -0.1) is 0 Å². The second kappa shape index (κ2) is 4.39. The number of aromatic nitrogens is 2. The van der Waals surface area contributed by atoms with Crippen molar-refractivity contribution in [2.75, 3.05) is 5.73 Å². The summed E-state index contributed by atoms with van der Waals surface area (Å²) >= 11 is 5.98. The normalized spacial score (nSPS) is 10.2. The molecule has 3 N–H and O–H groups in total. The molecule has 0 unspecified atom stereocenters. The first-order valence-electron chi connectivity index (χ1n) is 4.70. The molecule has 0 atom stereocenters. The Balaban J connectivity index is 2.58. The molecule has 86 valence electrons. The number of nitrogen functional groups attached to an aromatic ring is 1.